The molecule has 0 aromatic rings. The van der Waals surface area contributed by atoms with E-state index in [1.54, 1.807) is 0 Å². The smallest absolute Gasteiger partial charge is 0.0583 e. The molecule has 0 N–H and O–H groups in total. The summed E-state index contributed by atoms with van der Waals surface area (Å²) in [6.45, 7) is 0. The molecule has 0 saturated heterocycles. The molecule has 0 bridgehead atoms. The zero-order valence-electron chi connectivity index (χ0n) is 6.20. The molecule has 10 heavy (non-hydrogen) atoms. The minimum absolute atomic E-state index is 0.596. The maximum Gasteiger partial charge on any atom is 0.0583 e. The maximum atomic E-state index is 4.24. The van der Waals surface area contributed by atoms with E-state index in [0.717, 1.165) is 0 Å². The van der Waals surface area contributed by atoms with E-state index in [1.807, 2.05) is 6.21 Å². The molecular formula is C8H12N2. The molecule has 2 heteroatoms. The number of hydrogen-bond acceptors (Lipinski definition) is 2. The van der Waals surface area contributed by atoms with Gasteiger partial charge >= 0.3 is 0 Å². The zero-order chi connectivity index (χ0) is 6.97. The molecule has 0 aromatic carbocycles. The van der Waals surface area contributed by atoms with Crippen molar-refractivity contribution in [1.29, 1.82) is 0 Å². The van der Waals surface area contributed by atoms with Crippen LogP contribution in [-0.4, -0.2) is 24.3 Å². The Morgan fingerprint density at radius 1 is 1.60 bits per heavy atom. The van der Waals surface area contributed by atoms with Gasteiger partial charge < -0.3 is 0 Å². The van der Waals surface area contributed by atoms with Gasteiger partial charge in [0.1, 0.15) is 0 Å². The van der Waals surface area contributed by atoms with Gasteiger partial charge in [-0.2, -0.15) is 5.10 Å². The van der Waals surface area contributed by atoms with Gasteiger partial charge in [0.2, 0.25) is 0 Å². The van der Waals surface area contributed by atoms with Gasteiger partial charge in [-0.3, -0.25) is 5.01 Å². The number of hydrogen-bond donors (Lipinski definition) is 0. The summed E-state index contributed by atoms with van der Waals surface area (Å²) in [5, 5.41) is 6.32. The van der Waals surface area contributed by atoms with E-state index in [4.69, 9.17) is 0 Å². The topological polar surface area (TPSA) is 15.6 Å². The fourth-order valence-corrected chi connectivity index (χ4v) is 1.69. The van der Waals surface area contributed by atoms with Crippen LogP contribution in [0.3, 0.4) is 0 Å². The average Bonchev–Trinajstić information content (AvgIpc) is 2.34. The van der Waals surface area contributed by atoms with E-state index in [0.29, 0.717) is 12.0 Å². The van der Waals surface area contributed by atoms with Crippen molar-refractivity contribution >= 4 is 6.21 Å². The van der Waals surface area contributed by atoms with Gasteiger partial charge in [0.05, 0.1) is 6.04 Å². The van der Waals surface area contributed by atoms with Crippen molar-refractivity contribution in [3.63, 3.8) is 0 Å². The third kappa shape index (κ3) is 0.753. The second kappa shape index (κ2) is 2.11. The van der Waals surface area contributed by atoms with E-state index in [2.05, 4.69) is 29.3 Å². The number of rotatable bonds is 0. The summed E-state index contributed by atoms with van der Waals surface area (Å²) in [6, 6.07) is 0.657. The predicted octanol–water partition coefficient (Wildman–Crippen LogP) is 1.25. The molecule has 2 rings (SSSR count). The summed E-state index contributed by atoms with van der Waals surface area (Å²) < 4.78 is 0. The van der Waals surface area contributed by atoms with Crippen LogP contribution in [0, 0.1) is 5.92 Å². The monoisotopic (exact) mass is 136 g/mol. The van der Waals surface area contributed by atoms with Gasteiger partial charge in [-0.25, -0.2) is 0 Å². The SMILES string of the molecule is CN1N=CC2C=CCCC21. The summed E-state index contributed by atoms with van der Waals surface area (Å²) in [5.74, 6) is 0.596. The molecule has 0 radical (unpaired) electrons. The average molecular weight is 136 g/mol. The largest absolute Gasteiger partial charge is 0.296 e. The van der Waals surface area contributed by atoms with Crippen LogP contribution in [0.1, 0.15) is 12.8 Å². The molecular weight excluding hydrogens is 124 g/mol. The fourth-order valence-electron chi connectivity index (χ4n) is 1.69. The highest BCUT2D eigenvalue weighted by atomic mass is 15.5. The highest BCUT2D eigenvalue weighted by Crippen LogP contribution is 2.25. The first-order valence-electron chi connectivity index (χ1n) is 3.81. The third-order valence-corrected chi connectivity index (χ3v) is 2.33. The molecule has 0 fully saturated rings. The first-order valence-corrected chi connectivity index (χ1v) is 3.81. The maximum absolute atomic E-state index is 4.24. The molecule has 1 aliphatic carbocycles. The summed E-state index contributed by atoms with van der Waals surface area (Å²) >= 11 is 0. The van der Waals surface area contributed by atoms with Crippen molar-refractivity contribution < 1.29 is 0 Å². The lowest BCUT2D eigenvalue weighted by Crippen LogP contribution is -2.29. The van der Waals surface area contributed by atoms with E-state index in [9.17, 15) is 0 Å². The van der Waals surface area contributed by atoms with Crippen LogP contribution < -0.4 is 0 Å². The van der Waals surface area contributed by atoms with E-state index >= 15 is 0 Å². The zero-order valence-corrected chi connectivity index (χ0v) is 6.20. The quantitative estimate of drug-likeness (QED) is 0.458. The lowest BCUT2D eigenvalue weighted by molar-refractivity contribution is 0.245. The molecule has 54 valence electrons. The Morgan fingerprint density at radius 3 is 3.30 bits per heavy atom. The van der Waals surface area contributed by atoms with Crippen LogP contribution in [0.15, 0.2) is 17.3 Å². The molecule has 0 amide bonds. The van der Waals surface area contributed by atoms with E-state index < -0.39 is 0 Å². The summed E-state index contributed by atoms with van der Waals surface area (Å²) in [5.41, 5.74) is 0. The third-order valence-electron chi connectivity index (χ3n) is 2.33. The van der Waals surface area contributed by atoms with Crippen molar-refractivity contribution in [3.8, 4) is 0 Å². The summed E-state index contributed by atoms with van der Waals surface area (Å²) in [6.07, 6.45) is 9.04. The highest BCUT2D eigenvalue weighted by molar-refractivity contribution is 5.66. The lowest BCUT2D eigenvalue weighted by Gasteiger charge is -2.24. The normalized spacial score (nSPS) is 36.7. The number of nitrogens with zero attached hydrogens (tertiary/aromatic N) is 2. The van der Waals surface area contributed by atoms with Crippen LogP contribution in [0.4, 0.5) is 0 Å². The van der Waals surface area contributed by atoms with Crippen LogP contribution in [0.25, 0.3) is 0 Å². The molecule has 2 atom stereocenters. The minimum atomic E-state index is 0.596. The van der Waals surface area contributed by atoms with Crippen molar-refractivity contribution in [2.75, 3.05) is 7.05 Å². The van der Waals surface area contributed by atoms with Gasteiger partial charge in [0.15, 0.2) is 0 Å². The van der Waals surface area contributed by atoms with Crippen LogP contribution >= 0.6 is 0 Å². The van der Waals surface area contributed by atoms with E-state index in [1.165, 1.54) is 12.8 Å². The number of allylic oxidation sites excluding steroid dienone is 1. The van der Waals surface area contributed by atoms with Gasteiger partial charge in [-0.1, -0.05) is 12.2 Å². The van der Waals surface area contributed by atoms with Crippen LogP contribution in [-0.2, 0) is 0 Å². The molecule has 1 aliphatic heterocycles. The standard InChI is InChI=1S/C8H12N2/c1-10-8-5-3-2-4-7(8)6-9-10/h2,4,6-8H,3,5H2,1H3. The number of hydrazone groups is 1. The second-order valence-corrected chi connectivity index (χ2v) is 2.99. The lowest BCUT2D eigenvalue weighted by atomic mass is 9.92. The van der Waals surface area contributed by atoms with Gasteiger partial charge in [0, 0.05) is 19.2 Å². The molecule has 2 aliphatic rings. The Morgan fingerprint density at radius 2 is 2.50 bits per heavy atom. The van der Waals surface area contributed by atoms with Gasteiger partial charge in [-0.15, -0.1) is 0 Å². The minimum Gasteiger partial charge on any atom is -0.296 e. The molecule has 0 aromatic heterocycles. The van der Waals surface area contributed by atoms with Crippen molar-refractivity contribution in [3.05, 3.63) is 12.2 Å². The van der Waals surface area contributed by atoms with Crippen LogP contribution in [0.5, 0.6) is 0 Å². The van der Waals surface area contributed by atoms with Crippen LogP contribution in [0.2, 0.25) is 0 Å². The van der Waals surface area contributed by atoms with Crippen molar-refractivity contribution in [1.82, 2.24) is 5.01 Å². The Balaban J connectivity index is 2.18. The van der Waals surface area contributed by atoms with Gasteiger partial charge in [0.25, 0.3) is 0 Å². The first kappa shape index (κ1) is 5.96. The van der Waals surface area contributed by atoms with Crippen molar-refractivity contribution in [2.24, 2.45) is 11.0 Å². The number of fused-ring (bicyclic) bond motifs is 1. The Hall–Kier alpha value is -0.790. The molecule has 0 saturated carbocycles. The van der Waals surface area contributed by atoms with E-state index in [-0.39, 0.29) is 0 Å². The molecule has 1 heterocycles. The molecule has 2 unspecified atom stereocenters. The Kier molecular flexibility index (Phi) is 1.26. The van der Waals surface area contributed by atoms with Crippen molar-refractivity contribution in [2.45, 2.75) is 18.9 Å². The summed E-state index contributed by atoms with van der Waals surface area (Å²) in [7, 11) is 2.06. The predicted molar refractivity (Wildman–Crippen MR) is 41.9 cm³/mol. The molecule has 2 nitrogen and oxygen atoms in total. The molecule has 0 spiro atoms. The second-order valence-electron chi connectivity index (χ2n) is 2.99. The Labute approximate surface area is 61.2 Å². The first-order chi connectivity index (χ1) is 4.88. The summed E-state index contributed by atoms with van der Waals surface area (Å²) in [4.78, 5) is 0. The fraction of sp³-hybridized carbons (Fsp3) is 0.625. The van der Waals surface area contributed by atoms with Gasteiger partial charge in [-0.05, 0) is 12.8 Å². The Bertz CT molecular complexity index is 184. The highest BCUT2D eigenvalue weighted by Gasteiger charge is 2.27.